The van der Waals surface area contributed by atoms with E-state index in [2.05, 4.69) is 5.32 Å². The van der Waals surface area contributed by atoms with E-state index in [4.69, 9.17) is 9.47 Å². The highest BCUT2D eigenvalue weighted by molar-refractivity contribution is 5.88. The number of carbonyl (C=O) groups excluding carboxylic acids is 2. The third-order valence-electron chi connectivity index (χ3n) is 3.13. The molecule has 0 aliphatic carbocycles. The van der Waals surface area contributed by atoms with Gasteiger partial charge >= 0.3 is 6.09 Å². The topological polar surface area (TPSA) is 64.6 Å². The highest BCUT2D eigenvalue weighted by atomic mass is 19.1. The summed E-state index contributed by atoms with van der Waals surface area (Å²) in [6.07, 6.45) is -0.242. The van der Waals surface area contributed by atoms with E-state index in [1.165, 1.54) is 18.2 Å². The lowest BCUT2D eigenvalue weighted by Gasteiger charge is -2.25. The average molecular weight is 309 g/mol. The lowest BCUT2D eigenvalue weighted by atomic mass is 10.00. The van der Waals surface area contributed by atoms with Gasteiger partial charge in [-0.25, -0.2) is 9.18 Å². The van der Waals surface area contributed by atoms with Gasteiger partial charge in [-0.15, -0.1) is 0 Å². The van der Waals surface area contributed by atoms with E-state index < -0.39 is 17.8 Å². The Balaban J connectivity index is 1.87. The number of carbonyl (C=O) groups is 2. The maximum absolute atomic E-state index is 13.1. The molecule has 1 aliphatic rings. The number of alkyl carbamates (subject to hydrolysis) is 1. The van der Waals surface area contributed by atoms with Gasteiger partial charge in [0.05, 0.1) is 6.54 Å². The van der Waals surface area contributed by atoms with Crippen molar-refractivity contribution in [2.24, 2.45) is 0 Å². The predicted octanol–water partition coefficient (Wildman–Crippen LogP) is 2.61. The smallest absolute Gasteiger partial charge is 0.408 e. The van der Waals surface area contributed by atoms with Crippen LogP contribution < -0.4 is 10.1 Å². The van der Waals surface area contributed by atoms with Crippen LogP contribution in [0.4, 0.5) is 9.18 Å². The summed E-state index contributed by atoms with van der Waals surface area (Å²) in [6.45, 7) is 5.08. The molecule has 1 aromatic carbocycles. The SMILES string of the molecule is CC(C)(C)OC(=O)NCC(=O)C1CCc2cc(F)ccc2O1. The first-order valence-electron chi connectivity index (χ1n) is 7.19. The van der Waals surface area contributed by atoms with E-state index in [1.807, 2.05) is 0 Å². The highest BCUT2D eigenvalue weighted by Crippen LogP contribution is 2.28. The highest BCUT2D eigenvalue weighted by Gasteiger charge is 2.27. The molecule has 5 nitrogen and oxygen atoms in total. The number of aryl methyl sites for hydroxylation is 1. The summed E-state index contributed by atoms with van der Waals surface area (Å²) in [5.41, 5.74) is 0.140. The van der Waals surface area contributed by atoms with Crippen molar-refractivity contribution in [3.8, 4) is 5.75 Å². The largest absolute Gasteiger partial charge is 0.482 e. The molecule has 0 radical (unpaired) electrons. The van der Waals surface area contributed by atoms with Crippen LogP contribution in [0, 0.1) is 5.82 Å². The van der Waals surface area contributed by atoms with Crippen molar-refractivity contribution in [1.29, 1.82) is 0 Å². The number of benzene rings is 1. The molecule has 1 amide bonds. The quantitative estimate of drug-likeness (QED) is 0.932. The molecule has 0 saturated heterocycles. The molecule has 1 aromatic rings. The van der Waals surface area contributed by atoms with Gasteiger partial charge in [-0.05, 0) is 57.4 Å². The second kappa shape index (κ2) is 6.34. The molecule has 120 valence electrons. The number of fused-ring (bicyclic) bond motifs is 1. The summed E-state index contributed by atoms with van der Waals surface area (Å²) in [6, 6.07) is 4.23. The van der Waals surface area contributed by atoms with Gasteiger partial charge < -0.3 is 14.8 Å². The first-order valence-corrected chi connectivity index (χ1v) is 7.19. The van der Waals surface area contributed by atoms with Gasteiger partial charge in [0.15, 0.2) is 11.9 Å². The van der Waals surface area contributed by atoms with Crippen LogP contribution >= 0.6 is 0 Å². The van der Waals surface area contributed by atoms with Crippen molar-refractivity contribution in [3.05, 3.63) is 29.6 Å². The standard InChI is InChI=1S/C16H20FNO4/c1-16(2,3)22-15(20)18-9-12(19)14-6-4-10-8-11(17)5-7-13(10)21-14/h5,7-8,14H,4,6,9H2,1-3H3,(H,18,20). The van der Waals surface area contributed by atoms with Crippen LogP contribution in [0.3, 0.4) is 0 Å². The van der Waals surface area contributed by atoms with Crippen LogP contribution in [-0.4, -0.2) is 30.1 Å². The van der Waals surface area contributed by atoms with Crippen molar-refractivity contribution in [3.63, 3.8) is 0 Å². The average Bonchev–Trinajstić information content (AvgIpc) is 2.42. The second-order valence-corrected chi connectivity index (χ2v) is 6.22. The minimum absolute atomic E-state index is 0.157. The van der Waals surface area contributed by atoms with E-state index in [0.717, 1.165) is 5.56 Å². The van der Waals surface area contributed by atoms with Crippen molar-refractivity contribution < 1.29 is 23.5 Å². The zero-order valence-corrected chi connectivity index (χ0v) is 12.9. The number of halogens is 1. The lowest BCUT2D eigenvalue weighted by Crippen LogP contribution is -2.41. The van der Waals surface area contributed by atoms with Gasteiger partial charge in [0.2, 0.25) is 0 Å². The van der Waals surface area contributed by atoms with Crippen molar-refractivity contribution >= 4 is 11.9 Å². The predicted molar refractivity (Wildman–Crippen MR) is 78.4 cm³/mol. The Morgan fingerprint density at radius 3 is 2.82 bits per heavy atom. The first kappa shape index (κ1) is 16.3. The van der Waals surface area contributed by atoms with Crippen LogP contribution in [-0.2, 0) is 16.0 Å². The number of ether oxygens (including phenoxy) is 2. The number of ketones is 1. The minimum atomic E-state index is -0.640. The number of nitrogens with one attached hydrogen (secondary N) is 1. The zero-order valence-electron chi connectivity index (χ0n) is 12.9. The molecule has 1 atom stereocenters. The fourth-order valence-corrected chi connectivity index (χ4v) is 2.17. The Hall–Kier alpha value is -2.11. The molecule has 1 N–H and O–H groups in total. The number of Topliss-reactive ketones (excluding diaryl/α,β-unsaturated/α-hetero) is 1. The number of hydrogen-bond acceptors (Lipinski definition) is 4. The number of hydrogen-bond donors (Lipinski definition) is 1. The summed E-state index contributed by atoms with van der Waals surface area (Å²) in [7, 11) is 0. The Bertz CT molecular complexity index is 580. The summed E-state index contributed by atoms with van der Waals surface area (Å²) in [5.74, 6) is -0.0391. The number of amides is 1. The summed E-state index contributed by atoms with van der Waals surface area (Å²) in [5, 5.41) is 2.42. The van der Waals surface area contributed by atoms with E-state index in [1.54, 1.807) is 20.8 Å². The van der Waals surface area contributed by atoms with Crippen LogP contribution in [0.25, 0.3) is 0 Å². The fourth-order valence-electron chi connectivity index (χ4n) is 2.17. The Morgan fingerprint density at radius 2 is 2.14 bits per heavy atom. The maximum Gasteiger partial charge on any atom is 0.408 e. The Labute approximate surface area is 128 Å². The third-order valence-corrected chi connectivity index (χ3v) is 3.13. The third kappa shape index (κ3) is 4.44. The van der Waals surface area contributed by atoms with Crippen LogP contribution in [0.1, 0.15) is 32.8 Å². The second-order valence-electron chi connectivity index (χ2n) is 6.22. The van der Waals surface area contributed by atoms with Crippen molar-refractivity contribution in [2.45, 2.75) is 45.3 Å². The molecule has 1 heterocycles. The van der Waals surface area contributed by atoms with Gasteiger partial charge in [0.1, 0.15) is 17.2 Å². The van der Waals surface area contributed by atoms with Gasteiger partial charge in [-0.1, -0.05) is 0 Å². The molecule has 0 bridgehead atoms. The van der Waals surface area contributed by atoms with E-state index >= 15 is 0 Å². The van der Waals surface area contributed by atoms with Crippen molar-refractivity contribution in [2.75, 3.05) is 6.54 Å². The zero-order chi connectivity index (χ0) is 16.3. The molecular weight excluding hydrogens is 289 g/mol. The van der Waals surface area contributed by atoms with Gasteiger partial charge in [-0.3, -0.25) is 4.79 Å². The molecule has 0 fully saturated rings. The fraction of sp³-hybridized carbons (Fsp3) is 0.500. The molecule has 22 heavy (non-hydrogen) atoms. The van der Waals surface area contributed by atoms with Crippen LogP contribution in [0.5, 0.6) is 5.75 Å². The van der Waals surface area contributed by atoms with Crippen LogP contribution in [0.15, 0.2) is 18.2 Å². The van der Waals surface area contributed by atoms with Crippen molar-refractivity contribution in [1.82, 2.24) is 5.32 Å². The van der Waals surface area contributed by atoms with Crippen LogP contribution in [0.2, 0.25) is 0 Å². The first-order chi connectivity index (χ1) is 10.2. The van der Waals surface area contributed by atoms with E-state index in [0.29, 0.717) is 18.6 Å². The summed E-state index contributed by atoms with van der Waals surface area (Å²) < 4.78 is 23.7. The van der Waals surface area contributed by atoms with Gasteiger partial charge in [0, 0.05) is 0 Å². The molecular formula is C16H20FNO4. The Kier molecular flexibility index (Phi) is 4.68. The monoisotopic (exact) mass is 309 g/mol. The molecule has 2 rings (SSSR count). The normalized spacial score (nSPS) is 17.2. The van der Waals surface area contributed by atoms with E-state index in [9.17, 15) is 14.0 Å². The number of rotatable bonds is 3. The molecule has 1 aliphatic heterocycles. The molecule has 0 spiro atoms. The Morgan fingerprint density at radius 1 is 1.41 bits per heavy atom. The van der Waals surface area contributed by atoms with Gasteiger partial charge in [0.25, 0.3) is 0 Å². The van der Waals surface area contributed by atoms with E-state index in [-0.39, 0.29) is 18.1 Å². The summed E-state index contributed by atoms with van der Waals surface area (Å²) in [4.78, 5) is 23.6. The molecule has 0 saturated carbocycles. The maximum atomic E-state index is 13.1. The molecule has 6 heteroatoms. The molecule has 0 aromatic heterocycles. The minimum Gasteiger partial charge on any atom is -0.482 e. The molecule has 1 unspecified atom stereocenters. The van der Waals surface area contributed by atoms with Gasteiger partial charge in [-0.2, -0.15) is 0 Å². The lowest BCUT2D eigenvalue weighted by molar-refractivity contribution is -0.125. The summed E-state index contributed by atoms with van der Waals surface area (Å²) >= 11 is 0.